The molecule has 0 aromatic carbocycles. The summed E-state index contributed by atoms with van der Waals surface area (Å²) in [6, 6.07) is 0. The molecule has 0 fully saturated rings. The number of carbonyl (C=O) groups excluding carboxylic acids is 2. The Morgan fingerprint density at radius 3 is 2.25 bits per heavy atom. The Balaban J connectivity index is 2.70. The topological polar surface area (TPSA) is 80.8 Å². The summed E-state index contributed by atoms with van der Waals surface area (Å²) >= 11 is 4.63. The molecule has 2 amide bonds. The molecule has 1 heterocycles. The van der Waals surface area contributed by atoms with Gasteiger partial charge in [-0.2, -0.15) is 0 Å². The first-order valence-electron chi connectivity index (χ1n) is 7.46. The molecule has 7 nitrogen and oxygen atoms in total. The van der Waals surface area contributed by atoms with Crippen LogP contribution in [0.25, 0.3) is 0 Å². The zero-order valence-corrected chi connectivity index (χ0v) is 17.2. The van der Waals surface area contributed by atoms with Crippen molar-refractivity contribution in [3.8, 4) is 0 Å². The zero-order chi connectivity index (χ0) is 18.5. The number of nitrogens with one attached hydrogen (secondary N) is 1. The van der Waals surface area contributed by atoms with Gasteiger partial charge in [-0.05, 0) is 57.5 Å². The minimum absolute atomic E-state index is 0.214. The van der Waals surface area contributed by atoms with E-state index in [-0.39, 0.29) is 13.1 Å². The first kappa shape index (κ1) is 20.7. The van der Waals surface area contributed by atoms with Crippen LogP contribution >= 0.6 is 27.3 Å². The third kappa shape index (κ3) is 7.96. The number of amides is 2. The number of carbonyl (C=O) groups is 2. The van der Waals surface area contributed by atoms with Crippen molar-refractivity contribution >= 4 is 44.6 Å². The maximum Gasteiger partial charge on any atom is 0.416 e. The van der Waals surface area contributed by atoms with Gasteiger partial charge in [0.05, 0.1) is 9.98 Å². The Hall–Kier alpha value is -1.35. The van der Waals surface area contributed by atoms with E-state index in [1.165, 1.54) is 16.2 Å². The van der Waals surface area contributed by atoms with Crippen LogP contribution < -0.4 is 10.2 Å². The Labute approximate surface area is 154 Å². The molecule has 136 valence electrons. The van der Waals surface area contributed by atoms with Crippen molar-refractivity contribution in [2.75, 3.05) is 18.0 Å². The maximum atomic E-state index is 12.4. The van der Waals surface area contributed by atoms with Crippen LogP contribution in [0.1, 0.15) is 41.5 Å². The van der Waals surface area contributed by atoms with E-state index in [0.717, 1.165) is 3.79 Å². The fourth-order valence-corrected chi connectivity index (χ4v) is 2.73. The number of rotatable bonds is 4. The fourth-order valence-electron chi connectivity index (χ4n) is 1.54. The molecule has 0 aliphatic heterocycles. The first-order chi connectivity index (χ1) is 10.9. The predicted molar refractivity (Wildman–Crippen MR) is 97.6 cm³/mol. The van der Waals surface area contributed by atoms with Gasteiger partial charge < -0.3 is 14.8 Å². The number of ether oxygens (including phenoxy) is 2. The van der Waals surface area contributed by atoms with E-state index >= 15 is 0 Å². The highest BCUT2D eigenvalue weighted by atomic mass is 79.9. The lowest BCUT2D eigenvalue weighted by atomic mass is 10.2. The predicted octanol–water partition coefficient (Wildman–Crippen LogP) is 4.17. The van der Waals surface area contributed by atoms with E-state index < -0.39 is 23.4 Å². The van der Waals surface area contributed by atoms with E-state index in [4.69, 9.17) is 9.47 Å². The van der Waals surface area contributed by atoms with Gasteiger partial charge in [-0.3, -0.25) is 4.90 Å². The van der Waals surface area contributed by atoms with Crippen LogP contribution in [0.2, 0.25) is 0 Å². The number of alkyl carbamates (subject to hydrolysis) is 1. The number of anilines is 1. The van der Waals surface area contributed by atoms with E-state index in [9.17, 15) is 9.59 Å². The summed E-state index contributed by atoms with van der Waals surface area (Å²) in [5, 5.41) is 3.11. The highest BCUT2D eigenvalue weighted by Crippen LogP contribution is 2.27. The van der Waals surface area contributed by atoms with E-state index in [1.807, 2.05) is 0 Å². The monoisotopic (exact) mass is 421 g/mol. The molecule has 24 heavy (non-hydrogen) atoms. The maximum absolute atomic E-state index is 12.4. The Morgan fingerprint density at radius 1 is 1.21 bits per heavy atom. The molecule has 0 bridgehead atoms. The molecule has 9 heteroatoms. The molecule has 0 atom stereocenters. The van der Waals surface area contributed by atoms with Crippen molar-refractivity contribution in [1.82, 2.24) is 10.3 Å². The third-order valence-electron chi connectivity index (χ3n) is 2.31. The van der Waals surface area contributed by atoms with Crippen molar-refractivity contribution in [3.05, 3.63) is 9.98 Å². The van der Waals surface area contributed by atoms with Crippen LogP contribution in [0, 0.1) is 0 Å². The highest BCUT2D eigenvalue weighted by molar-refractivity contribution is 9.11. The largest absolute Gasteiger partial charge is 0.444 e. The number of thiazole rings is 1. The van der Waals surface area contributed by atoms with Crippen molar-refractivity contribution in [2.45, 2.75) is 52.7 Å². The molecular formula is C15H24BrN3O4S. The van der Waals surface area contributed by atoms with Gasteiger partial charge in [0.25, 0.3) is 0 Å². The summed E-state index contributed by atoms with van der Waals surface area (Å²) in [7, 11) is 0. The van der Waals surface area contributed by atoms with Gasteiger partial charge in [0.1, 0.15) is 11.2 Å². The lowest BCUT2D eigenvalue weighted by Crippen LogP contribution is -2.42. The molecule has 0 aliphatic carbocycles. The number of halogens is 1. The summed E-state index contributed by atoms with van der Waals surface area (Å²) in [4.78, 5) is 29.6. The summed E-state index contributed by atoms with van der Waals surface area (Å²) < 4.78 is 11.4. The van der Waals surface area contributed by atoms with Crippen LogP contribution in [0.5, 0.6) is 0 Å². The van der Waals surface area contributed by atoms with Crippen molar-refractivity contribution in [3.63, 3.8) is 0 Å². The van der Waals surface area contributed by atoms with Crippen LogP contribution in [0.3, 0.4) is 0 Å². The summed E-state index contributed by atoms with van der Waals surface area (Å²) in [5.74, 6) is 0. The second-order valence-electron chi connectivity index (χ2n) is 7.01. The molecule has 1 N–H and O–H groups in total. The van der Waals surface area contributed by atoms with E-state index in [0.29, 0.717) is 5.13 Å². The van der Waals surface area contributed by atoms with Gasteiger partial charge in [-0.15, -0.1) is 0 Å². The Bertz CT molecular complexity index is 578. The SMILES string of the molecule is CC(C)(C)OC(=O)NCCN(C(=O)OC(C)(C)C)c1ncc(Br)s1. The fraction of sp³-hybridized carbons (Fsp3) is 0.667. The van der Waals surface area contributed by atoms with Crippen molar-refractivity contribution < 1.29 is 19.1 Å². The average Bonchev–Trinajstić information content (AvgIpc) is 2.76. The van der Waals surface area contributed by atoms with Gasteiger partial charge >= 0.3 is 12.2 Å². The first-order valence-corrected chi connectivity index (χ1v) is 9.07. The second-order valence-corrected chi connectivity index (χ2v) is 9.40. The molecule has 1 aromatic rings. The molecule has 0 spiro atoms. The van der Waals surface area contributed by atoms with Crippen molar-refractivity contribution in [1.29, 1.82) is 0 Å². The zero-order valence-electron chi connectivity index (χ0n) is 14.8. The smallest absolute Gasteiger partial charge is 0.416 e. The normalized spacial score (nSPS) is 11.8. The number of hydrogen-bond acceptors (Lipinski definition) is 6. The van der Waals surface area contributed by atoms with Crippen LogP contribution in [0.4, 0.5) is 14.7 Å². The Morgan fingerprint density at radius 2 is 1.79 bits per heavy atom. The molecular weight excluding hydrogens is 398 g/mol. The third-order valence-corrected chi connectivity index (χ3v) is 3.81. The molecule has 1 rings (SSSR count). The van der Waals surface area contributed by atoms with Gasteiger partial charge in [0, 0.05) is 13.1 Å². The van der Waals surface area contributed by atoms with Gasteiger partial charge in [0.2, 0.25) is 0 Å². The lowest BCUT2D eigenvalue weighted by molar-refractivity contribution is 0.0513. The standard InChI is InChI=1S/C15H24BrN3O4S/c1-14(2,3)22-12(20)17-7-8-19(11-18-9-10(16)24-11)13(21)23-15(4,5)6/h9H,7-8H2,1-6H3,(H,17,20). The minimum Gasteiger partial charge on any atom is -0.444 e. The molecule has 0 saturated heterocycles. The van der Waals surface area contributed by atoms with E-state index in [1.54, 1.807) is 47.7 Å². The summed E-state index contributed by atoms with van der Waals surface area (Å²) in [6.45, 7) is 11.2. The molecule has 0 radical (unpaired) electrons. The van der Waals surface area contributed by atoms with Gasteiger partial charge in [-0.25, -0.2) is 14.6 Å². The summed E-state index contributed by atoms with van der Waals surface area (Å²) in [5.41, 5.74) is -1.20. The quantitative estimate of drug-likeness (QED) is 0.788. The molecule has 1 aromatic heterocycles. The van der Waals surface area contributed by atoms with E-state index in [2.05, 4.69) is 26.2 Å². The number of hydrogen-bond donors (Lipinski definition) is 1. The van der Waals surface area contributed by atoms with Crippen LogP contribution in [0.15, 0.2) is 9.98 Å². The van der Waals surface area contributed by atoms with Crippen molar-refractivity contribution in [2.24, 2.45) is 0 Å². The highest BCUT2D eigenvalue weighted by Gasteiger charge is 2.25. The average molecular weight is 422 g/mol. The lowest BCUT2D eigenvalue weighted by Gasteiger charge is -2.26. The molecule has 0 saturated carbocycles. The number of nitrogens with zero attached hydrogens (tertiary/aromatic N) is 2. The second kappa shape index (κ2) is 8.15. The minimum atomic E-state index is -0.623. The summed E-state index contributed by atoms with van der Waals surface area (Å²) in [6.07, 6.45) is 0.556. The van der Waals surface area contributed by atoms with Crippen LogP contribution in [-0.4, -0.2) is 41.5 Å². The van der Waals surface area contributed by atoms with Gasteiger partial charge in [-0.1, -0.05) is 11.3 Å². The molecule has 0 aliphatic rings. The number of aromatic nitrogens is 1. The molecule has 0 unspecified atom stereocenters. The van der Waals surface area contributed by atoms with Gasteiger partial charge in [0.15, 0.2) is 5.13 Å². The Kier molecular flexibility index (Phi) is 7.03. The van der Waals surface area contributed by atoms with Crippen LogP contribution in [-0.2, 0) is 9.47 Å².